The maximum atomic E-state index is 14.3. The first kappa shape index (κ1) is 24.7. The zero-order valence-corrected chi connectivity index (χ0v) is 20.2. The van der Waals surface area contributed by atoms with E-state index in [1.54, 1.807) is 53.4 Å². The van der Waals surface area contributed by atoms with Crippen molar-refractivity contribution in [3.8, 4) is 0 Å². The fourth-order valence-corrected chi connectivity index (χ4v) is 4.70. The molecule has 0 aliphatic carbocycles. The molecule has 6 nitrogen and oxygen atoms in total. The van der Waals surface area contributed by atoms with Crippen LogP contribution in [0.5, 0.6) is 0 Å². The molecule has 0 saturated heterocycles. The molecule has 3 aromatic rings. The van der Waals surface area contributed by atoms with Crippen LogP contribution in [0.2, 0.25) is 0 Å². The molecule has 1 aliphatic rings. The highest BCUT2D eigenvalue weighted by molar-refractivity contribution is 8.04. The summed E-state index contributed by atoms with van der Waals surface area (Å²) < 4.78 is 24.5. The Morgan fingerprint density at radius 3 is 2.43 bits per heavy atom. The number of rotatable bonds is 8. The number of amides is 2. The fraction of sp³-hybridized carbons (Fsp3) is 0.185. The normalized spacial score (nSPS) is 14.3. The van der Waals surface area contributed by atoms with Crippen LogP contribution in [0.25, 0.3) is 6.08 Å². The quantitative estimate of drug-likeness (QED) is 0.360. The van der Waals surface area contributed by atoms with Gasteiger partial charge in [-0.3, -0.25) is 9.59 Å². The summed E-state index contributed by atoms with van der Waals surface area (Å²) in [5, 5.41) is 2.75. The minimum atomic E-state index is -0.521. The fourth-order valence-electron chi connectivity index (χ4n) is 3.64. The van der Waals surface area contributed by atoms with Crippen molar-refractivity contribution in [1.29, 1.82) is 0 Å². The van der Waals surface area contributed by atoms with Crippen molar-refractivity contribution < 1.29 is 23.5 Å². The number of benzene rings is 3. The van der Waals surface area contributed by atoms with Crippen molar-refractivity contribution in [3.63, 3.8) is 0 Å². The van der Waals surface area contributed by atoms with Gasteiger partial charge in [-0.1, -0.05) is 54.2 Å². The van der Waals surface area contributed by atoms with Gasteiger partial charge in [-0.25, -0.2) is 4.39 Å². The number of carbonyl (C=O) groups excluding carboxylic acids is 2. The van der Waals surface area contributed by atoms with Crippen molar-refractivity contribution in [1.82, 2.24) is 5.32 Å². The molecule has 35 heavy (non-hydrogen) atoms. The van der Waals surface area contributed by atoms with E-state index < -0.39 is 6.29 Å². The third kappa shape index (κ3) is 5.79. The number of fused-ring (bicyclic) bond motifs is 1. The van der Waals surface area contributed by atoms with E-state index in [9.17, 15) is 14.0 Å². The third-order valence-corrected chi connectivity index (χ3v) is 6.62. The lowest BCUT2D eigenvalue weighted by molar-refractivity contribution is -0.114. The smallest absolute Gasteiger partial charge is 0.265 e. The van der Waals surface area contributed by atoms with Crippen LogP contribution in [0.4, 0.5) is 10.1 Å². The maximum Gasteiger partial charge on any atom is 0.265 e. The second-order valence-electron chi connectivity index (χ2n) is 7.79. The van der Waals surface area contributed by atoms with E-state index in [-0.39, 0.29) is 30.7 Å². The van der Waals surface area contributed by atoms with Crippen LogP contribution in [0, 0.1) is 5.82 Å². The number of hydrogen-bond acceptors (Lipinski definition) is 5. The van der Waals surface area contributed by atoms with Gasteiger partial charge in [-0.05, 0) is 42.0 Å². The van der Waals surface area contributed by atoms with Gasteiger partial charge in [0.15, 0.2) is 6.29 Å². The number of nitrogens with zero attached hydrogens (tertiary/aromatic N) is 1. The van der Waals surface area contributed by atoms with Gasteiger partial charge in [0.2, 0.25) is 0 Å². The first-order chi connectivity index (χ1) is 17.0. The standard InChI is InChI=1S/C27H25FN2O4S/c1-33-25(34-2)16-29-26(31)19-13-11-18(12-14-19)15-24-27(32)30(17-20-7-3-4-8-21(20)28)22-9-5-6-10-23(22)35-24/h3-15,25H,16-17H2,1-2H3,(H,29,31). The minimum absolute atomic E-state index is 0.128. The van der Waals surface area contributed by atoms with Crippen molar-refractivity contribution in [2.45, 2.75) is 17.7 Å². The number of nitrogens with one attached hydrogen (secondary N) is 1. The molecule has 3 aromatic carbocycles. The van der Waals surface area contributed by atoms with Crippen LogP contribution < -0.4 is 10.2 Å². The zero-order valence-electron chi connectivity index (χ0n) is 19.4. The molecule has 0 fully saturated rings. The number of anilines is 1. The molecule has 1 N–H and O–H groups in total. The van der Waals surface area contributed by atoms with Crippen molar-refractivity contribution in [2.75, 3.05) is 25.7 Å². The van der Waals surface area contributed by atoms with Crippen LogP contribution in [0.15, 0.2) is 82.6 Å². The molecule has 0 radical (unpaired) electrons. The van der Waals surface area contributed by atoms with E-state index in [1.165, 1.54) is 32.0 Å². The highest BCUT2D eigenvalue weighted by atomic mass is 32.2. The van der Waals surface area contributed by atoms with Gasteiger partial charge >= 0.3 is 0 Å². The molecule has 4 rings (SSSR count). The van der Waals surface area contributed by atoms with E-state index >= 15 is 0 Å². The SMILES string of the molecule is COC(CNC(=O)c1ccc(C=C2Sc3ccccc3N(Cc3ccccc3F)C2=O)cc1)OC. The number of ether oxygens (including phenoxy) is 2. The summed E-state index contributed by atoms with van der Waals surface area (Å²) in [7, 11) is 3.01. The Labute approximate surface area is 207 Å². The number of thioether (sulfide) groups is 1. The van der Waals surface area contributed by atoms with Gasteiger partial charge in [0.05, 0.1) is 23.7 Å². The second kappa shape index (κ2) is 11.3. The Kier molecular flexibility index (Phi) is 7.97. The summed E-state index contributed by atoms with van der Waals surface area (Å²) in [4.78, 5) is 28.8. The molecule has 8 heteroatoms. The van der Waals surface area contributed by atoms with E-state index in [0.29, 0.717) is 16.0 Å². The summed E-state index contributed by atoms with van der Waals surface area (Å²) >= 11 is 1.37. The summed E-state index contributed by atoms with van der Waals surface area (Å²) in [5.41, 5.74) is 2.45. The molecular weight excluding hydrogens is 467 g/mol. The molecular formula is C27H25FN2O4S. The Balaban J connectivity index is 1.55. The zero-order chi connectivity index (χ0) is 24.8. The van der Waals surface area contributed by atoms with Crippen molar-refractivity contribution in [2.24, 2.45) is 0 Å². The lowest BCUT2D eigenvalue weighted by Gasteiger charge is -2.30. The topological polar surface area (TPSA) is 67.9 Å². The highest BCUT2D eigenvalue weighted by Crippen LogP contribution is 2.42. The third-order valence-electron chi connectivity index (χ3n) is 5.54. The summed E-state index contributed by atoms with van der Waals surface area (Å²) in [6, 6.07) is 21.0. The minimum Gasteiger partial charge on any atom is -0.354 e. The van der Waals surface area contributed by atoms with E-state index in [1.807, 2.05) is 24.3 Å². The second-order valence-corrected chi connectivity index (χ2v) is 8.88. The molecule has 1 aliphatic heterocycles. The molecule has 0 bridgehead atoms. The number of halogens is 1. The van der Waals surface area contributed by atoms with Crippen molar-refractivity contribution in [3.05, 3.63) is 100 Å². The summed E-state index contributed by atoms with van der Waals surface area (Å²) in [6.45, 7) is 0.351. The van der Waals surface area contributed by atoms with Crippen LogP contribution in [-0.4, -0.2) is 38.9 Å². The summed E-state index contributed by atoms with van der Waals surface area (Å²) in [5.74, 6) is -0.807. The Morgan fingerprint density at radius 2 is 1.71 bits per heavy atom. The van der Waals surface area contributed by atoms with Crippen LogP contribution >= 0.6 is 11.8 Å². The molecule has 2 amide bonds. The Bertz CT molecular complexity index is 1240. The lowest BCUT2D eigenvalue weighted by Crippen LogP contribution is -2.34. The molecule has 0 atom stereocenters. The summed E-state index contributed by atoms with van der Waals surface area (Å²) in [6.07, 6.45) is 1.26. The van der Waals surface area contributed by atoms with Crippen molar-refractivity contribution >= 4 is 35.3 Å². The van der Waals surface area contributed by atoms with Crippen LogP contribution in [-0.2, 0) is 20.8 Å². The largest absolute Gasteiger partial charge is 0.354 e. The molecule has 0 unspecified atom stereocenters. The number of para-hydroxylation sites is 1. The molecule has 0 aromatic heterocycles. The van der Waals surface area contributed by atoms with Crippen LogP contribution in [0.3, 0.4) is 0 Å². The van der Waals surface area contributed by atoms with Gasteiger partial charge in [-0.15, -0.1) is 0 Å². The Morgan fingerprint density at radius 1 is 1.03 bits per heavy atom. The number of carbonyl (C=O) groups is 2. The van der Waals surface area contributed by atoms with Gasteiger partial charge in [0, 0.05) is 30.2 Å². The predicted octanol–water partition coefficient (Wildman–Crippen LogP) is 4.85. The first-order valence-corrected chi connectivity index (χ1v) is 11.8. The molecule has 0 spiro atoms. The van der Waals surface area contributed by atoms with Gasteiger partial charge in [0.25, 0.3) is 11.8 Å². The maximum absolute atomic E-state index is 14.3. The van der Waals surface area contributed by atoms with E-state index in [2.05, 4.69) is 5.32 Å². The average Bonchev–Trinajstić information content (AvgIpc) is 2.88. The molecule has 180 valence electrons. The van der Waals surface area contributed by atoms with Gasteiger partial charge in [0.1, 0.15) is 5.82 Å². The van der Waals surface area contributed by atoms with Crippen LogP contribution in [0.1, 0.15) is 21.5 Å². The molecule has 0 saturated carbocycles. The number of methoxy groups -OCH3 is 2. The monoisotopic (exact) mass is 492 g/mol. The van der Waals surface area contributed by atoms with Gasteiger partial charge < -0.3 is 19.7 Å². The van der Waals surface area contributed by atoms with E-state index in [0.717, 1.165) is 16.1 Å². The Hall–Kier alpha value is -3.46. The van der Waals surface area contributed by atoms with Gasteiger partial charge in [-0.2, -0.15) is 0 Å². The lowest BCUT2D eigenvalue weighted by atomic mass is 10.1. The average molecular weight is 493 g/mol. The van der Waals surface area contributed by atoms with E-state index in [4.69, 9.17) is 9.47 Å². The predicted molar refractivity (Wildman–Crippen MR) is 134 cm³/mol. The highest BCUT2D eigenvalue weighted by Gasteiger charge is 2.29. The molecule has 1 heterocycles. The number of hydrogen-bond donors (Lipinski definition) is 1. The first-order valence-electron chi connectivity index (χ1n) is 11.0.